The van der Waals surface area contributed by atoms with Crippen LogP contribution in [0.1, 0.15) is 6.92 Å². The van der Waals surface area contributed by atoms with Gasteiger partial charge in [0.1, 0.15) is 0 Å². The number of methoxy groups -OCH3 is 1. The summed E-state index contributed by atoms with van der Waals surface area (Å²) < 4.78 is 4.84. The highest BCUT2D eigenvalue weighted by molar-refractivity contribution is 4.78. The second kappa shape index (κ2) is 7.66. The fourth-order valence-corrected chi connectivity index (χ4v) is 0.477. The minimum Gasteiger partial charge on any atom is -0.383 e. The molecular weight excluding hydrogens is 114 g/mol. The van der Waals surface area contributed by atoms with Gasteiger partial charge in [-0.25, -0.2) is 0 Å². The van der Waals surface area contributed by atoms with Crippen LogP contribution >= 0.6 is 0 Å². The topological polar surface area (TPSA) is 21.3 Å². The van der Waals surface area contributed by atoms with Crippen molar-refractivity contribution < 1.29 is 4.74 Å². The molecule has 0 spiro atoms. The molecule has 0 amide bonds. The maximum absolute atomic E-state index is 4.84. The van der Waals surface area contributed by atoms with Crippen molar-refractivity contribution in [2.24, 2.45) is 0 Å². The predicted molar refractivity (Wildman–Crippen MR) is 39.6 cm³/mol. The van der Waals surface area contributed by atoms with Crippen LogP contribution in [0.15, 0.2) is 12.2 Å². The third kappa shape index (κ3) is 7.66. The Hall–Kier alpha value is -0.340. The summed E-state index contributed by atoms with van der Waals surface area (Å²) in [5.74, 6) is 0. The lowest BCUT2D eigenvalue weighted by molar-refractivity contribution is 0.200. The standard InChI is InChI=1S/C7H15NO/c1-3-4-5-8-6-7-9-2/h3-4,8H,5-7H2,1-2H3. The first-order valence-electron chi connectivity index (χ1n) is 3.22. The molecule has 2 nitrogen and oxygen atoms in total. The van der Waals surface area contributed by atoms with Gasteiger partial charge in [0.15, 0.2) is 0 Å². The van der Waals surface area contributed by atoms with Crippen molar-refractivity contribution in [2.75, 3.05) is 26.8 Å². The fourth-order valence-electron chi connectivity index (χ4n) is 0.477. The first-order valence-corrected chi connectivity index (χ1v) is 3.22. The number of ether oxygens (including phenoxy) is 1. The van der Waals surface area contributed by atoms with Gasteiger partial charge in [0.05, 0.1) is 6.61 Å². The van der Waals surface area contributed by atoms with Crippen molar-refractivity contribution in [1.82, 2.24) is 5.32 Å². The van der Waals surface area contributed by atoms with Crippen molar-refractivity contribution in [3.63, 3.8) is 0 Å². The zero-order valence-electron chi connectivity index (χ0n) is 6.18. The third-order valence-corrected chi connectivity index (χ3v) is 0.981. The van der Waals surface area contributed by atoms with E-state index >= 15 is 0 Å². The van der Waals surface area contributed by atoms with Crippen molar-refractivity contribution in [3.8, 4) is 0 Å². The molecule has 0 rings (SSSR count). The van der Waals surface area contributed by atoms with Gasteiger partial charge in [0.25, 0.3) is 0 Å². The summed E-state index contributed by atoms with van der Waals surface area (Å²) >= 11 is 0. The van der Waals surface area contributed by atoms with Gasteiger partial charge in [-0.2, -0.15) is 0 Å². The first-order chi connectivity index (χ1) is 4.41. The molecule has 0 aromatic rings. The van der Waals surface area contributed by atoms with Gasteiger partial charge < -0.3 is 10.1 Å². The Kier molecular flexibility index (Phi) is 7.37. The summed E-state index contributed by atoms with van der Waals surface area (Å²) in [4.78, 5) is 0. The van der Waals surface area contributed by atoms with Crippen LogP contribution in [-0.4, -0.2) is 26.8 Å². The molecule has 0 heterocycles. The monoisotopic (exact) mass is 129 g/mol. The lowest BCUT2D eigenvalue weighted by Gasteiger charge is -1.97. The Morgan fingerprint density at radius 3 is 2.89 bits per heavy atom. The number of rotatable bonds is 5. The molecule has 0 bridgehead atoms. The SMILES string of the molecule is CC=CCNCCOC. The number of nitrogens with one attached hydrogen (secondary N) is 1. The molecule has 54 valence electrons. The largest absolute Gasteiger partial charge is 0.383 e. The molecule has 1 N–H and O–H groups in total. The van der Waals surface area contributed by atoms with Gasteiger partial charge in [-0.05, 0) is 6.92 Å². The summed E-state index contributed by atoms with van der Waals surface area (Å²) in [5, 5.41) is 3.18. The van der Waals surface area contributed by atoms with E-state index in [9.17, 15) is 0 Å². The maximum Gasteiger partial charge on any atom is 0.0587 e. The maximum atomic E-state index is 4.84. The Bertz CT molecular complexity index is 71.3. The predicted octanol–water partition coefficient (Wildman–Crippen LogP) is 0.798. The molecule has 0 radical (unpaired) electrons. The number of allylic oxidation sites excluding steroid dienone is 1. The molecule has 0 atom stereocenters. The van der Waals surface area contributed by atoms with E-state index in [0.717, 1.165) is 19.7 Å². The van der Waals surface area contributed by atoms with E-state index in [1.807, 2.05) is 13.0 Å². The second-order valence-electron chi connectivity index (χ2n) is 1.77. The van der Waals surface area contributed by atoms with Crippen LogP contribution in [-0.2, 0) is 4.74 Å². The van der Waals surface area contributed by atoms with E-state index in [-0.39, 0.29) is 0 Å². The minimum atomic E-state index is 0.789. The normalized spacial score (nSPS) is 10.9. The van der Waals surface area contributed by atoms with E-state index in [4.69, 9.17) is 4.74 Å². The Balaban J connectivity index is 2.75. The quantitative estimate of drug-likeness (QED) is 0.438. The summed E-state index contributed by atoms with van der Waals surface area (Å²) in [6, 6.07) is 0. The van der Waals surface area contributed by atoms with Crippen LogP contribution in [0.25, 0.3) is 0 Å². The van der Waals surface area contributed by atoms with Crippen molar-refractivity contribution in [1.29, 1.82) is 0 Å². The van der Waals surface area contributed by atoms with Crippen molar-refractivity contribution in [3.05, 3.63) is 12.2 Å². The molecule has 0 aromatic carbocycles. The summed E-state index contributed by atoms with van der Waals surface area (Å²) in [5.41, 5.74) is 0. The lowest BCUT2D eigenvalue weighted by atomic mass is 10.5. The van der Waals surface area contributed by atoms with Crippen LogP contribution in [0.4, 0.5) is 0 Å². The molecule has 0 saturated heterocycles. The van der Waals surface area contributed by atoms with Crippen LogP contribution in [0.2, 0.25) is 0 Å². The van der Waals surface area contributed by atoms with E-state index in [0.29, 0.717) is 0 Å². The molecule has 0 aromatic heterocycles. The Labute approximate surface area is 56.9 Å². The van der Waals surface area contributed by atoms with Gasteiger partial charge in [-0.3, -0.25) is 0 Å². The molecule has 0 saturated carbocycles. The average molecular weight is 129 g/mol. The Morgan fingerprint density at radius 1 is 1.56 bits per heavy atom. The summed E-state index contributed by atoms with van der Waals surface area (Å²) in [6.07, 6.45) is 4.11. The highest BCUT2D eigenvalue weighted by Crippen LogP contribution is 1.67. The second-order valence-corrected chi connectivity index (χ2v) is 1.77. The van der Waals surface area contributed by atoms with Crippen molar-refractivity contribution in [2.45, 2.75) is 6.92 Å². The molecule has 0 aliphatic heterocycles. The lowest BCUT2D eigenvalue weighted by Crippen LogP contribution is -2.18. The molecule has 9 heavy (non-hydrogen) atoms. The molecule has 2 heteroatoms. The third-order valence-electron chi connectivity index (χ3n) is 0.981. The van der Waals surface area contributed by atoms with Crippen LogP contribution in [0.3, 0.4) is 0 Å². The van der Waals surface area contributed by atoms with Crippen LogP contribution < -0.4 is 5.32 Å². The summed E-state index contributed by atoms with van der Waals surface area (Å²) in [6.45, 7) is 4.68. The highest BCUT2D eigenvalue weighted by atomic mass is 16.5. The van der Waals surface area contributed by atoms with Crippen LogP contribution in [0.5, 0.6) is 0 Å². The highest BCUT2D eigenvalue weighted by Gasteiger charge is 1.79. The fraction of sp³-hybridized carbons (Fsp3) is 0.714. The zero-order valence-corrected chi connectivity index (χ0v) is 6.18. The first kappa shape index (κ1) is 8.66. The van der Waals surface area contributed by atoms with Crippen LogP contribution in [0, 0.1) is 0 Å². The van der Waals surface area contributed by atoms with E-state index < -0.39 is 0 Å². The smallest absolute Gasteiger partial charge is 0.0587 e. The van der Waals surface area contributed by atoms with E-state index in [2.05, 4.69) is 11.4 Å². The van der Waals surface area contributed by atoms with Gasteiger partial charge in [0, 0.05) is 20.2 Å². The van der Waals surface area contributed by atoms with Crippen molar-refractivity contribution >= 4 is 0 Å². The summed E-state index contributed by atoms with van der Waals surface area (Å²) in [7, 11) is 1.71. The Morgan fingerprint density at radius 2 is 2.33 bits per heavy atom. The van der Waals surface area contributed by atoms with Gasteiger partial charge in [-0.15, -0.1) is 0 Å². The number of hydrogen-bond donors (Lipinski definition) is 1. The number of hydrogen-bond acceptors (Lipinski definition) is 2. The van der Waals surface area contributed by atoms with Gasteiger partial charge >= 0.3 is 0 Å². The van der Waals surface area contributed by atoms with E-state index in [1.54, 1.807) is 7.11 Å². The molecule has 0 unspecified atom stereocenters. The molecule has 0 fully saturated rings. The minimum absolute atomic E-state index is 0.789. The molecular formula is C7H15NO. The average Bonchev–Trinajstić information content (AvgIpc) is 1.89. The molecule has 0 aliphatic rings. The van der Waals surface area contributed by atoms with Gasteiger partial charge in [0.2, 0.25) is 0 Å². The van der Waals surface area contributed by atoms with E-state index in [1.165, 1.54) is 0 Å². The molecule has 0 aliphatic carbocycles. The zero-order chi connectivity index (χ0) is 6.95. The van der Waals surface area contributed by atoms with Gasteiger partial charge in [-0.1, -0.05) is 12.2 Å².